The van der Waals surface area contributed by atoms with E-state index in [1.165, 1.54) is 12.4 Å². The Balaban J connectivity index is 2.34. The number of aromatic nitrogens is 2. The third kappa shape index (κ3) is 2.70. The van der Waals surface area contributed by atoms with Crippen molar-refractivity contribution in [2.75, 3.05) is 17.7 Å². The van der Waals surface area contributed by atoms with Crippen LogP contribution in [0.1, 0.15) is 0 Å². The lowest BCUT2D eigenvalue weighted by molar-refractivity contribution is 0.632. The SMILES string of the molecule is CNc1ncnc(Nc2ccc(Cl)cc2F)c1Br. The van der Waals surface area contributed by atoms with Crippen LogP contribution in [0.3, 0.4) is 0 Å². The molecule has 0 atom stereocenters. The first-order chi connectivity index (χ1) is 8.61. The highest BCUT2D eigenvalue weighted by Crippen LogP contribution is 2.30. The van der Waals surface area contributed by atoms with E-state index >= 15 is 0 Å². The van der Waals surface area contributed by atoms with Crippen molar-refractivity contribution in [2.24, 2.45) is 0 Å². The number of anilines is 3. The van der Waals surface area contributed by atoms with Crippen molar-refractivity contribution >= 4 is 44.9 Å². The zero-order valence-electron chi connectivity index (χ0n) is 9.34. The van der Waals surface area contributed by atoms with Crippen molar-refractivity contribution in [3.8, 4) is 0 Å². The summed E-state index contributed by atoms with van der Waals surface area (Å²) in [5, 5.41) is 6.11. The molecule has 0 aliphatic heterocycles. The molecule has 2 N–H and O–H groups in total. The number of hydrogen-bond donors (Lipinski definition) is 2. The number of benzene rings is 1. The molecule has 0 fully saturated rings. The van der Waals surface area contributed by atoms with Crippen LogP contribution in [0.25, 0.3) is 0 Å². The normalized spacial score (nSPS) is 10.2. The molecule has 0 amide bonds. The van der Waals surface area contributed by atoms with Crippen molar-refractivity contribution in [1.82, 2.24) is 9.97 Å². The molecule has 0 spiro atoms. The lowest BCUT2D eigenvalue weighted by Crippen LogP contribution is -2.01. The molecule has 2 rings (SSSR count). The monoisotopic (exact) mass is 330 g/mol. The average Bonchev–Trinajstić information content (AvgIpc) is 2.35. The summed E-state index contributed by atoms with van der Waals surface area (Å²) in [5.74, 6) is 0.636. The highest BCUT2D eigenvalue weighted by atomic mass is 79.9. The minimum Gasteiger partial charge on any atom is -0.372 e. The Bertz CT molecular complexity index is 579. The molecule has 7 heteroatoms. The first kappa shape index (κ1) is 13.0. The Hall–Kier alpha value is -1.40. The Kier molecular flexibility index (Phi) is 3.98. The van der Waals surface area contributed by atoms with Crippen LogP contribution in [-0.4, -0.2) is 17.0 Å². The molecule has 0 unspecified atom stereocenters. The predicted molar refractivity (Wildman–Crippen MR) is 74.0 cm³/mol. The highest BCUT2D eigenvalue weighted by Gasteiger charge is 2.10. The van der Waals surface area contributed by atoms with Gasteiger partial charge in [0.1, 0.15) is 28.3 Å². The van der Waals surface area contributed by atoms with Gasteiger partial charge in [-0.25, -0.2) is 14.4 Å². The predicted octanol–water partition coefficient (Wildman–Crippen LogP) is 3.82. The molecule has 0 saturated carbocycles. The van der Waals surface area contributed by atoms with Gasteiger partial charge in [0.05, 0.1) is 5.69 Å². The fraction of sp³-hybridized carbons (Fsp3) is 0.0909. The molecule has 0 bridgehead atoms. The summed E-state index contributed by atoms with van der Waals surface area (Å²) in [4.78, 5) is 8.05. The van der Waals surface area contributed by atoms with E-state index in [4.69, 9.17) is 11.6 Å². The van der Waals surface area contributed by atoms with Crippen molar-refractivity contribution in [3.63, 3.8) is 0 Å². The maximum Gasteiger partial charge on any atom is 0.150 e. The lowest BCUT2D eigenvalue weighted by Gasteiger charge is -2.10. The van der Waals surface area contributed by atoms with Gasteiger partial charge >= 0.3 is 0 Å². The van der Waals surface area contributed by atoms with Gasteiger partial charge in [0, 0.05) is 12.1 Å². The van der Waals surface area contributed by atoms with E-state index in [-0.39, 0.29) is 0 Å². The van der Waals surface area contributed by atoms with Crippen LogP contribution in [-0.2, 0) is 0 Å². The number of hydrogen-bond acceptors (Lipinski definition) is 4. The van der Waals surface area contributed by atoms with E-state index in [1.807, 2.05) is 0 Å². The molecule has 2 aromatic rings. The topological polar surface area (TPSA) is 49.8 Å². The van der Waals surface area contributed by atoms with Crippen LogP contribution in [0.5, 0.6) is 0 Å². The van der Waals surface area contributed by atoms with E-state index in [1.54, 1.807) is 19.2 Å². The van der Waals surface area contributed by atoms with Gasteiger partial charge in [-0.2, -0.15) is 0 Å². The quantitative estimate of drug-likeness (QED) is 0.898. The Morgan fingerprint density at radius 3 is 2.67 bits per heavy atom. The minimum atomic E-state index is -0.445. The summed E-state index contributed by atoms with van der Waals surface area (Å²) in [7, 11) is 1.74. The molecule has 0 aliphatic carbocycles. The van der Waals surface area contributed by atoms with Gasteiger partial charge in [-0.15, -0.1) is 0 Å². The second-order valence-corrected chi connectivity index (χ2v) is 4.61. The zero-order chi connectivity index (χ0) is 13.1. The molecule has 94 valence electrons. The van der Waals surface area contributed by atoms with E-state index < -0.39 is 5.82 Å². The summed E-state index contributed by atoms with van der Waals surface area (Å²) in [5.41, 5.74) is 0.292. The van der Waals surface area contributed by atoms with E-state index in [9.17, 15) is 4.39 Å². The molecule has 4 nitrogen and oxygen atoms in total. The molecule has 1 aromatic carbocycles. The second-order valence-electron chi connectivity index (χ2n) is 3.38. The van der Waals surface area contributed by atoms with Crippen LogP contribution >= 0.6 is 27.5 Å². The van der Waals surface area contributed by atoms with Gasteiger partial charge < -0.3 is 10.6 Å². The molecule has 18 heavy (non-hydrogen) atoms. The van der Waals surface area contributed by atoms with Gasteiger partial charge in [-0.3, -0.25) is 0 Å². The Morgan fingerprint density at radius 1 is 1.28 bits per heavy atom. The minimum absolute atomic E-state index is 0.292. The van der Waals surface area contributed by atoms with E-state index in [2.05, 4.69) is 36.5 Å². The van der Waals surface area contributed by atoms with E-state index in [0.29, 0.717) is 26.8 Å². The smallest absolute Gasteiger partial charge is 0.150 e. The number of nitrogens with zero attached hydrogens (tertiary/aromatic N) is 2. The Morgan fingerprint density at radius 2 is 2.00 bits per heavy atom. The molecule has 1 aromatic heterocycles. The standard InChI is InChI=1S/C11H9BrClFN4/c1-15-10-9(12)11(17-5-16-10)18-8-3-2-6(13)4-7(8)14/h2-5H,1H3,(H2,15,16,17,18). The van der Waals surface area contributed by atoms with Crippen molar-refractivity contribution in [2.45, 2.75) is 0 Å². The summed E-state index contributed by atoms with van der Waals surface area (Å²) in [6, 6.07) is 4.38. The largest absolute Gasteiger partial charge is 0.372 e. The van der Waals surface area contributed by atoms with Crippen LogP contribution in [0.2, 0.25) is 5.02 Å². The fourth-order valence-electron chi connectivity index (χ4n) is 1.35. The highest BCUT2D eigenvalue weighted by molar-refractivity contribution is 9.10. The Labute approximate surface area is 117 Å². The maximum absolute atomic E-state index is 13.6. The summed E-state index contributed by atoms with van der Waals surface area (Å²) in [6.07, 6.45) is 1.38. The number of nitrogens with one attached hydrogen (secondary N) is 2. The summed E-state index contributed by atoms with van der Waals surface area (Å²) in [6.45, 7) is 0. The van der Waals surface area contributed by atoms with Crippen LogP contribution in [0, 0.1) is 5.82 Å². The molecular formula is C11H9BrClFN4. The van der Waals surface area contributed by atoms with Gasteiger partial charge in [-0.1, -0.05) is 11.6 Å². The van der Waals surface area contributed by atoms with Gasteiger partial charge in [0.2, 0.25) is 0 Å². The second kappa shape index (κ2) is 5.49. The molecular weight excluding hydrogens is 323 g/mol. The molecule has 1 heterocycles. The molecule has 0 aliphatic rings. The summed E-state index contributed by atoms with van der Waals surface area (Å²) >= 11 is 9.03. The van der Waals surface area contributed by atoms with Gasteiger partial charge in [-0.05, 0) is 34.1 Å². The first-order valence-corrected chi connectivity index (χ1v) is 6.19. The van der Waals surface area contributed by atoms with Gasteiger partial charge in [0.15, 0.2) is 0 Å². The molecule has 0 saturated heterocycles. The third-order valence-corrected chi connectivity index (χ3v) is 3.20. The van der Waals surface area contributed by atoms with Gasteiger partial charge in [0.25, 0.3) is 0 Å². The lowest BCUT2D eigenvalue weighted by atomic mass is 10.3. The van der Waals surface area contributed by atoms with Crippen molar-refractivity contribution in [3.05, 3.63) is 39.8 Å². The van der Waals surface area contributed by atoms with Crippen LogP contribution in [0.15, 0.2) is 29.0 Å². The van der Waals surface area contributed by atoms with Crippen molar-refractivity contribution < 1.29 is 4.39 Å². The average molecular weight is 332 g/mol. The summed E-state index contributed by atoms with van der Waals surface area (Å²) < 4.78 is 14.3. The van der Waals surface area contributed by atoms with Crippen molar-refractivity contribution in [1.29, 1.82) is 0 Å². The third-order valence-electron chi connectivity index (χ3n) is 2.21. The number of halogens is 3. The first-order valence-electron chi connectivity index (χ1n) is 5.02. The molecule has 0 radical (unpaired) electrons. The van der Waals surface area contributed by atoms with Crippen LogP contribution < -0.4 is 10.6 Å². The zero-order valence-corrected chi connectivity index (χ0v) is 11.7. The maximum atomic E-state index is 13.6. The number of rotatable bonds is 3. The van der Waals surface area contributed by atoms with E-state index in [0.717, 1.165) is 0 Å². The fourth-order valence-corrected chi connectivity index (χ4v) is 2.01. The van der Waals surface area contributed by atoms with Crippen LogP contribution in [0.4, 0.5) is 21.7 Å².